The van der Waals surface area contributed by atoms with Crippen LogP contribution in [-0.2, 0) is 0 Å². The summed E-state index contributed by atoms with van der Waals surface area (Å²) < 4.78 is 0. The molecule has 0 saturated carbocycles. The van der Waals surface area contributed by atoms with Crippen LogP contribution in [0.2, 0.25) is 0 Å². The molecule has 1 N–H and O–H groups in total. The average Bonchev–Trinajstić information content (AvgIpc) is 2.03. The van der Waals surface area contributed by atoms with Crippen molar-refractivity contribution in [2.24, 2.45) is 5.92 Å². The van der Waals surface area contributed by atoms with Crippen molar-refractivity contribution in [3.63, 3.8) is 0 Å². The summed E-state index contributed by atoms with van der Waals surface area (Å²) in [5.74, 6) is 0.448. The lowest BCUT2D eigenvalue weighted by molar-refractivity contribution is -0.0238. The summed E-state index contributed by atoms with van der Waals surface area (Å²) in [6.45, 7) is 10.6. The molecule has 0 amide bonds. The van der Waals surface area contributed by atoms with E-state index >= 15 is 0 Å². The standard InChI is InChI=1S/C11H23NO/c1-9(2)12-7-5-6-10(8-12)11(3,4)13/h9-10,13H,5-8H2,1-4H3. The van der Waals surface area contributed by atoms with Gasteiger partial charge in [0, 0.05) is 12.6 Å². The summed E-state index contributed by atoms with van der Waals surface area (Å²) in [5.41, 5.74) is -0.506. The fourth-order valence-electron chi connectivity index (χ4n) is 2.05. The molecule has 0 bridgehead atoms. The molecule has 1 atom stereocenters. The Morgan fingerprint density at radius 2 is 2.00 bits per heavy atom. The first-order valence-electron chi connectivity index (χ1n) is 5.37. The topological polar surface area (TPSA) is 23.5 Å². The summed E-state index contributed by atoms with van der Waals surface area (Å²) in [4.78, 5) is 2.46. The van der Waals surface area contributed by atoms with Gasteiger partial charge in [0.2, 0.25) is 0 Å². The molecule has 2 nitrogen and oxygen atoms in total. The first-order chi connectivity index (χ1) is 5.91. The second-order valence-corrected chi connectivity index (χ2v) is 5.08. The Morgan fingerprint density at radius 1 is 1.38 bits per heavy atom. The van der Waals surface area contributed by atoms with Crippen molar-refractivity contribution in [2.45, 2.75) is 52.2 Å². The van der Waals surface area contributed by atoms with Crippen molar-refractivity contribution in [3.8, 4) is 0 Å². The van der Waals surface area contributed by atoms with Gasteiger partial charge in [0.15, 0.2) is 0 Å². The zero-order valence-electron chi connectivity index (χ0n) is 9.38. The van der Waals surface area contributed by atoms with E-state index in [0.717, 1.165) is 6.54 Å². The molecule has 2 heteroatoms. The van der Waals surface area contributed by atoms with E-state index in [1.807, 2.05) is 13.8 Å². The molecule has 1 saturated heterocycles. The van der Waals surface area contributed by atoms with E-state index in [4.69, 9.17) is 0 Å². The normalized spacial score (nSPS) is 26.8. The van der Waals surface area contributed by atoms with Gasteiger partial charge in [0.25, 0.3) is 0 Å². The van der Waals surface area contributed by atoms with E-state index in [2.05, 4.69) is 18.7 Å². The summed E-state index contributed by atoms with van der Waals surface area (Å²) in [6.07, 6.45) is 2.40. The SMILES string of the molecule is CC(C)N1CCCC(C(C)(C)O)C1. The molecule has 0 aromatic heterocycles. The van der Waals surface area contributed by atoms with Crippen LogP contribution in [0.3, 0.4) is 0 Å². The second-order valence-electron chi connectivity index (χ2n) is 5.08. The quantitative estimate of drug-likeness (QED) is 0.710. The Kier molecular flexibility index (Phi) is 3.36. The molecule has 1 heterocycles. The van der Waals surface area contributed by atoms with Crippen LogP contribution in [-0.4, -0.2) is 34.7 Å². The van der Waals surface area contributed by atoms with E-state index in [1.165, 1.54) is 19.4 Å². The minimum atomic E-state index is -0.506. The van der Waals surface area contributed by atoms with E-state index in [9.17, 15) is 5.11 Å². The predicted octanol–water partition coefficient (Wildman–Crippen LogP) is 1.88. The minimum Gasteiger partial charge on any atom is -0.390 e. The van der Waals surface area contributed by atoms with Gasteiger partial charge in [-0.25, -0.2) is 0 Å². The predicted molar refractivity (Wildman–Crippen MR) is 55.7 cm³/mol. The van der Waals surface area contributed by atoms with Crippen molar-refractivity contribution in [1.29, 1.82) is 0 Å². The highest BCUT2D eigenvalue weighted by Gasteiger charge is 2.31. The third-order valence-corrected chi connectivity index (χ3v) is 3.18. The Labute approximate surface area is 81.9 Å². The average molecular weight is 185 g/mol. The first kappa shape index (κ1) is 11.0. The minimum absolute atomic E-state index is 0.448. The molecule has 1 aliphatic heterocycles. The first-order valence-corrected chi connectivity index (χ1v) is 5.37. The van der Waals surface area contributed by atoms with Crippen molar-refractivity contribution < 1.29 is 5.11 Å². The van der Waals surface area contributed by atoms with Crippen molar-refractivity contribution >= 4 is 0 Å². The molecule has 0 aliphatic carbocycles. The molecule has 78 valence electrons. The highest BCUT2D eigenvalue weighted by molar-refractivity contribution is 4.84. The molecular formula is C11H23NO. The van der Waals surface area contributed by atoms with Crippen LogP contribution in [0.5, 0.6) is 0 Å². The zero-order chi connectivity index (χ0) is 10.1. The van der Waals surface area contributed by atoms with Gasteiger partial charge in [-0.2, -0.15) is 0 Å². The third kappa shape index (κ3) is 2.96. The lowest BCUT2D eigenvalue weighted by Crippen LogP contribution is -2.46. The van der Waals surface area contributed by atoms with Gasteiger partial charge in [-0.15, -0.1) is 0 Å². The van der Waals surface area contributed by atoms with Crippen LogP contribution >= 0.6 is 0 Å². The van der Waals surface area contributed by atoms with E-state index < -0.39 is 5.60 Å². The summed E-state index contributed by atoms with van der Waals surface area (Å²) >= 11 is 0. The smallest absolute Gasteiger partial charge is 0.0632 e. The monoisotopic (exact) mass is 185 g/mol. The third-order valence-electron chi connectivity index (χ3n) is 3.18. The highest BCUT2D eigenvalue weighted by atomic mass is 16.3. The number of hydrogen-bond donors (Lipinski definition) is 1. The molecule has 0 spiro atoms. The molecule has 1 unspecified atom stereocenters. The van der Waals surface area contributed by atoms with Crippen LogP contribution in [0.1, 0.15) is 40.5 Å². The number of likely N-dealkylation sites (tertiary alicyclic amines) is 1. The maximum absolute atomic E-state index is 9.92. The summed E-state index contributed by atoms with van der Waals surface area (Å²) in [5, 5.41) is 9.92. The lowest BCUT2D eigenvalue weighted by Gasteiger charge is -2.40. The number of rotatable bonds is 2. The maximum Gasteiger partial charge on any atom is 0.0632 e. The summed E-state index contributed by atoms with van der Waals surface area (Å²) in [7, 11) is 0. The number of hydrogen-bond acceptors (Lipinski definition) is 2. The molecule has 13 heavy (non-hydrogen) atoms. The lowest BCUT2D eigenvalue weighted by atomic mass is 9.84. The molecule has 1 aliphatic rings. The van der Waals surface area contributed by atoms with Gasteiger partial charge in [-0.1, -0.05) is 0 Å². The number of aliphatic hydroxyl groups is 1. The van der Waals surface area contributed by atoms with Crippen LogP contribution in [0, 0.1) is 5.92 Å². The van der Waals surface area contributed by atoms with Crippen LogP contribution < -0.4 is 0 Å². The van der Waals surface area contributed by atoms with Gasteiger partial charge in [0.1, 0.15) is 0 Å². The van der Waals surface area contributed by atoms with Gasteiger partial charge in [0.05, 0.1) is 5.60 Å². The van der Waals surface area contributed by atoms with Gasteiger partial charge in [-0.3, -0.25) is 0 Å². The molecular weight excluding hydrogens is 162 g/mol. The largest absolute Gasteiger partial charge is 0.390 e. The van der Waals surface area contributed by atoms with Crippen molar-refractivity contribution in [3.05, 3.63) is 0 Å². The fraction of sp³-hybridized carbons (Fsp3) is 1.00. The molecule has 0 aromatic carbocycles. The summed E-state index contributed by atoms with van der Waals surface area (Å²) in [6, 6.07) is 0.616. The molecule has 0 radical (unpaired) electrons. The second kappa shape index (κ2) is 3.97. The Balaban J connectivity index is 2.52. The van der Waals surface area contributed by atoms with Gasteiger partial charge < -0.3 is 10.0 Å². The number of piperidine rings is 1. The fourth-order valence-corrected chi connectivity index (χ4v) is 2.05. The van der Waals surface area contributed by atoms with Crippen LogP contribution in [0.25, 0.3) is 0 Å². The molecule has 1 fully saturated rings. The Morgan fingerprint density at radius 3 is 2.46 bits per heavy atom. The van der Waals surface area contributed by atoms with Crippen LogP contribution in [0.4, 0.5) is 0 Å². The van der Waals surface area contributed by atoms with Gasteiger partial charge in [-0.05, 0) is 53.0 Å². The van der Waals surface area contributed by atoms with Crippen molar-refractivity contribution in [1.82, 2.24) is 4.90 Å². The Hall–Kier alpha value is -0.0800. The van der Waals surface area contributed by atoms with Crippen LogP contribution in [0.15, 0.2) is 0 Å². The van der Waals surface area contributed by atoms with E-state index in [-0.39, 0.29) is 0 Å². The zero-order valence-corrected chi connectivity index (χ0v) is 9.38. The van der Waals surface area contributed by atoms with Gasteiger partial charge >= 0.3 is 0 Å². The molecule has 0 aromatic rings. The van der Waals surface area contributed by atoms with Crippen molar-refractivity contribution in [2.75, 3.05) is 13.1 Å². The van der Waals surface area contributed by atoms with E-state index in [1.54, 1.807) is 0 Å². The maximum atomic E-state index is 9.92. The highest BCUT2D eigenvalue weighted by Crippen LogP contribution is 2.27. The Bertz CT molecular complexity index is 160. The molecule has 1 rings (SSSR count). The number of nitrogens with zero attached hydrogens (tertiary/aromatic N) is 1. The van der Waals surface area contributed by atoms with E-state index in [0.29, 0.717) is 12.0 Å².